The minimum Gasteiger partial charge on any atom is -0.349 e. The standard InChI is InChI=1S/C14H14Br3N3O/c1-19-2-4-20(5-3-19)14(21)13-11(17)9-6-8(15)7-10(16)12(9)18-13/h6-7,18H,2-5H2,1H3. The number of carbonyl (C=O) groups excluding carboxylic acids is 1. The van der Waals surface area contributed by atoms with Crippen molar-refractivity contribution < 1.29 is 4.79 Å². The summed E-state index contributed by atoms with van der Waals surface area (Å²) in [6.07, 6.45) is 0. The molecule has 1 saturated heterocycles. The normalized spacial score (nSPS) is 16.7. The first-order valence-corrected chi connectivity index (χ1v) is 8.99. The van der Waals surface area contributed by atoms with Crippen LogP contribution in [0.5, 0.6) is 0 Å². The van der Waals surface area contributed by atoms with Gasteiger partial charge >= 0.3 is 0 Å². The number of hydrogen-bond donors (Lipinski definition) is 1. The minimum absolute atomic E-state index is 0.0502. The van der Waals surface area contributed by atoms with Crippen LogP contribution in [0.25, 0.3) is 10.9 Å². The summed E-state index contributed by atoms with van der Waals surface area (Å²) < 4.78 is 2.73. The number of amides is 1. The Kier molecular flexibility index (Phi) is 4.45. The molecule has 3 rings (SSSR count). The highest BCUT2D eigenvalue weighted by atomic mass is 79.9. The van der Waals surface area contributed by atoms with Gasteiger partial charge in [-0.1, -0.05) is 15.9 Å². The van der Waals surface area contributed by atoms with Crippen molar-refractivity contribution in [1.82, 2.24) is 14.8 Å². The molecule has 1 aromatic heterocycles. The molecule has 0 radical (unpaired) electrons. The van der Waals surface area contributed by atoms with Crippen molar-refractivity contribution in [3.8, 4) is 0 Å². The second-order valence-corrected chi connectivity index (χ2v) is 7.78. The maximum Gasteiger partial charge on any atom is 0.271 e. The van der Waals surface area contributed by atoms with Gasteiger partial charge in [-0.3, -0.25) is 4.79 Å². The number of hydrogen-bond acceptors (Lipinski definition) is 2. The Hall–Kier alpha value is -0.370. The van der Waals surface area contributed by atoms with Crippen molar-refractivity contribution in [2.75, 3.05) is 33.2 Å². The molecule has 2 aromatic rings. The molecule has 21 heavy (non-hydrogen) atoms. The van der Waals surface area contributed by atoms with Crippen molar-refractivity contribution in [3.63, 3.8) is 0 Å². The first-order chi connectivity index (χ1) is 9.97. The fourth-order valence-electron chi connectivity index (χ4n) is 2.50. The van der Waals surface area contributed by atoms with Gasteiger partial charge in [0.2, 0.25) is 0 Å². The Balaban J connectivity index is 1.99. The number of nitrogens with one attached hydrogen (secondary N) is 1. The Labute approximate surface area is 148 Å². The highest BCUT2D eigenvalue weighted by molar-refractivity contribution is 9.11. The van der Waals surface area contributed by atoms with Crippen molar-refractivity contribution in [2.24, 2.45) is 0 Å². The number of halogens is 3. The van der Waals surface area contributed by atoms with Gasteiger partial charge in [0.25, 0.3) is 5.91 Å². The van der Waals surface area contributed by atoms with E-state index < -0.39 is 0 Å². The number of rotatable bonds is 1. The molecular weight excluding hydrogens is 466 g/mol. The highest BCUT2D eigenvalue weighted by Crippen LogP contribution is 2.35. The molecule has 2 heterocycles. The lowest BCUT2D eigenvalue weighted by molar-refractivity contribution is 0.0658. The van der Waals surface area contributed by atoms with E-state index in [1.54, 1.807) is 0 Å². The zero-order chi connectivity index (χ0) is 15.1. The molecule has 0 saturated carbocycles. The predicted molar refractivity (Wildman–Crippen MR) is 94.8 cm³/mol. The third-order valence-electron chi connectivity index (χ3n) is 3.77. The first-order valence-electron chi connectivity index (χ1n) is 6.61. The summed E-state index contributed by atoms with van der Waals surface area (Å²) >= 11 is 10.6. The predicted octanol–water partition coefficient (Wildman–Crippen LogP) is 3.84. The Morgan fingerprint density at radius 3 is 2.48 bits per heavy atom. The van der Waals surface area contributed by atoms with Crippen LogP contribution in [-0.2, 0) is 0 Å². The van der Waals surface area contributed by atoms with Gasteiger partial charge in [0.05, 0.1) is 9.99 Å². The van der Waals surface area contributed by atoms with Crippen molar-refractivity contribution in [2.45, 2.75) is 0 Å². The van der Waals surface area contributed by atoms with Gasteiger partial charge in [-0.2, -0.15) is 0 Å². The van der Waals surface area contributed by atoms with Crippen LogP contribution in [0.3, 0.4) is 0 Å². The fourth-order valence-corrected chi connectivity index (χ4v) is 4.41. The largest absolute Gasteiger partial charge is 0.349 e. The molecule has 0 bridgehead atoms. The molecule has 112 valence electrons. The first kappa shape index (κ1) is 15.5. The molecule has 0 aliphatic carbocycles. The van der Waals surface area contributed by atoms with Crippen LogP contribution in [0.15, 0.2) is 25.6 Å². The summed E-state index contributed by atoms with van der Waals surface area (Å²) in [5.74, 6) is 0.0502. The smallest absolute Gasteiger partial charge is 0.271 e. The number of aromatic nitrogens is 1. The van der Waals surface area contributed by atoms with E-state index in [9.17, 15) is 4.79 Å². The second-order valence-electron chi connectivity index (χ2n) is 5.22. The maximum atomic E-state index is 12.7. The molecule has 0 unspecified atom stereocenters. The number of H-pyrrole nitrogens is 1. The van der Waals surface area contributed by atoms with Gasteiger partial charge in [0.15, 0.2) is 0 Å². The van der Waals surface area contributed by atoms with Gasteiger partial charge in [-0.15, -0.1) is 0 Å². The quantitative estimate of drug-likeness (QED) is 0.675. The number of piperazine rings is 1. The number of nitrogens with zero attached hydrogens (tertiary/aromatic N) is 2. The van der Waals surface area contributed by atoms with E-state index in [0.717, 1.165) is 50.5 Å². The molecule has 1 aromatic carbocycles. The van der Waals surface area contributed by atoms with Crippen LogP contribution in [-0.4, -0.2) is 53.9 Å². The van der Waals surface area contributed by atoms with E-state index in [4.69, 9.17) is 0 Å². The Bertz CT molecular complexity index is 705. The number of aromatic amines is 1. The molecule has 0 spiro atoms. The average Bonchev–Trinajstić information content (AvgIpc) is 2.77. The van der Waals surface area contributed by atoms with Crippen LogP contribution in [0.1, 0.15) is 10.5 Å². The van der Waals surface area contributed by atoms with E-state index in [1.165, 1.54) is 0 Å². The lowest BCUT2D eigenvalue weighted by Gasteiger charge is -2.32. The third-order valence-corrected chi connectivity index (χ3v) is 5.67. The van der Waals surface area contributed by atoms with E-state index in [2.05, 4.69) is 64.7 Å². The summed E-state index contributed by atoms with van der Waals surface area (Å²) in [6, 6.07) is 3.97. The molecule has 4 nitrogen and oxygen atoms in total. The second kappa shape index (κ2) is 6.02. The van der Waals surface area contributed by atoms with E-state index in [1.807, 2.05) is 17.0 Å². The SMILES string of the molecule is CN1CCN(C(=O)c2[nH]c3c(Br)cc(Br)cc3c2Br)CC1. The minimum atomic E-state index is 0.0502. The molecule has 1 N–H and O–H groups in total. The van der Waals surface area contributed by atoms with Gasteiger partial charge < -0.3 is 14.8 Å². The van der Waals surface area contributed by atoms with Gasteiger partial charge in [0, 0.05) is 40.5 Å². The van der Waals surface area contributed by atoms with Gasteiger partial charge in [-0.25, -0.2) is 0 Å². The molecule has 1 aliphatic rings. The van der Waals surface area contributed by atoms with Crippen molar-refractivity contribution >= 4 is 64.6 Å². The number of fused-ring (bicyclic) bond motifs is 1. The van der Waals surface area contributed by atoms with E-state index in [-0.39, 0.29) is 5.91 Å². The third kappa shape index (κ3) is 2.93. The topological polar surface area (TPSA) is 39.3 Å². The zero-order valence-corrected chi connectivity index (χ0v) is 16.2. The Morgan fingerprint density at radius 1 is 1.14 bits per heavy atom. The molecule has 0 atom stereocenters. The maximum absolute atomic E-state index is 12.7. The fraction of sp³-hybridized carbons (Fsp3) is 0.357. The van der Waals surface area contributed by atoms with E-state index >= 15 is 0 Å². The lowest BCUT2D eigenvalue weighted by Crippen LogP contribution is -2.47. The van der Waals surface area contributed by atoms with Crippen molar-refractivity contribution in [1.29, 1.82) is 0 Å². The average molecular weight is 480 g/mol. The number of benzene rings is 1. The molecule has 7 heteroatoms. The molecule has 1 amide bonds. The zero-order valence-electron chi connectivity index (χ0n) is 11.4. The molecule has 1 fully saturated rings. The molecule has 1 aliphatic heterocycles. The van der Waals surface area contributed by atoms with E-state index in [0.29, 0.717) is 5.69 Å². The highest BCUT2D eigenvalue weighted by Gasteiger charge is 2.25. The summed E-state index contributed by atoms with van der Waals surface area (Å²) in [5, 5.41) is 0.994. The lowest BCUT2D eigenvalue weighted by atomic mass is 10.2. The Morgan fingerprint density at radius 2 is 1.81 bits per heavy atom. The summed E-state index contributed by atoms with van der Waals surface area (Å²) in [4.78, 5) is 20.1. The van der Waals surface area contributed by atoms with Crippen LogP contribution >= 0.6 is 47.8 Å². The van der Waals surface area contributed by atoms with Crippen molar-refractivity contribution in [3.05, 3.63) is 31.2 Å². The summed E-state index contributed by atoms with van der Waals surface area (Å²) in [5.41, 5.74) is 1.55. The van der Waals surface area contributed by atoms with Gasteiger partial charge in [0.1, 0.15) is 5.69 Å². The monoisotopic (exact) mass is 477 g/mol. The molecular formula is C14H14Br3N3O. The number of carbonyl (C=O) groups is 1. The van der Waals surface area contributed by atoms with Crippen LogP contribution in [0.4, 0.5) is 0 Å². The number of likely N-dealkylation sites (N-methyl/N-ethyl adjacent to an activating group) is 1. The summed E-state index contributed by atoms with van der Waals surface area (Å²) in [7, 11) is 2.08. The summed E-state index contributed by atoms with van der Waals surface area (Å²) in [6.45, 7) is 3.36. The van der Waals surface area contributed by atoms with Crippen LogP contribution in [0, 0.1) is 0 Å². The van der Waals surface area contributed by atoms with Crippen LogP contribution < -0.4 is 0 Å². The van der Waals surface area contributed by atoms with Gasteiger partial charge in [-0.05, 0) is 51.0 Å². The van der Waals surface area contributed by atoms with Crippen LogP contribution in [0.2, 0.25) is 0 Å².